The van der Waals surface area contributed by atoms with Gasteiger partial charge >= 0.3 is 0 Å². The van der Waals surface area contributed by atoms with Gasteiger partial charge < -0.3 is 11.1 Å². The number of hydrogen-bond donors (Lipinski definition) is 2. The molecule has 0 unspecified atom stereocenters. The van der Waals surface area contributed by atoms with E-state index in [1.165, 1.54) is 6.07 Å². The van der Waals surface area contributed by atoms with Crippen molar-refractivity contribution in [3.8, 4) is 0 Å². The molecule has 0 saturated carbocycles. The van der Waals surface area contributed by atoms with Crippen LogP contribution in [0.5, 0.6) is 0 Å². The minimum atomic E-state index is -0.147. The van der Waals surface area contributed by atoms with E-state index in [2.05, 4.69) is 5.32 Å². The fraction of sp³-hybridized carbons (Fsp3) is 0.333. The Bertz CT molecular complexity index is 279. The Morgan fingerprint density at radius 3 is 3.00 bits per heavy atom. The second-order valence-electron chi connectivity index (χ2n) is 3.02. The van der Waals surface area contributed by atoms with Gasteiger partial charge in [-0.2, -0.15) is 0 Å². The predicted octanol–water partition coefficient (Wildman–Crippen LogP) is 1.77. The lowest BCUT2D eigenvalue weighted by Gasteiger charge is -2.19. The van der Waals surface area contributed by atoms with Crippen LogP contribution in [0.25, 0.3) is 0 Å². The summed E-state index contributed by atoms with van der Waals surface area (Å²) < 4.78 is 13.2. The molecular weight excluding hydrogens is 155 g/mol. The molecule has 2 rings (SSSR count). The highest BCUT2D eigenvalue weighted by Crippen LogP contribution is 2.29. The largest absolute Gasteiger partial charge is 0.397 e. The van der Waals surface area contributed by atoms with Gasteiger partial charge in [0.05, 0.1) is 11.4 Å². The lowest BCUT2D eigenvalue weighted by molar-refractivity contribution is 0.603. The van der Waals surface area contributed by atoms with Gasteiger partial charge in [0.1, 0.15) is 5.82 Å². The van der Waals surface area contributed by atoms with E-state index in [1.807, 2.05) is 0 Å². The Hall–Kier alpha value is -1.25. The fourth-order valence-corrected chi connectivity index (χ4v) is 1.57. The lowest BCUT2D eigenvalue weighted by atomic mass is 10.0. The molecule has 0 aliphatic carbocycles. The number of hydrogen-bond acceptors (Lipinski definition) is 2. The van der Waals surface area contributed by atoms with E-state index in [1.54, 1.807) is 6.07 Å². The Labute approximate surface area is 70.6 Å². The monoisotopic (exact) mass is 166 g/mol. The third-order valence-corrected chi connectivity index (χ3v) is 2.19. The van der Waals surface area contributed by atoms with Crippen LogP contribution >= 0.6 is 0 Å². The molecule has 64 valence electrons. The van der Waals surface area contributed by atoms with Crippen molar-refractivity contribution in [1.82, 2.24) is 0 Å². The van der Waals surface area contributed by atoms with Crippen molar-refractivity contribution in [2.24, 2.45) is 0 Å². The molecule has 0 saturated heterocycles. The maximum absolute atomic E-state index is 13.2. The molecule has 3 heteroatoms. The zero-order valence-corrected chi connectivity index (χ0v) is 6.73. The first kappa shape index (κ1) is 7.40. The fourth-order valence-electron chi connectivity index (χ4n) is 1.57. The van der Waals surface area contributed by atoms with Gasteiger partial charge in [0.25, 0.3) is 0 Å². The molecule has 0 atom stereocenters. The van der Waals surface area contributed by atoms with Crippen molar-refractivity contribution < 1.29 is 4.39 Å². The lowest BCUT2D eigenvalue weighted by Crippen LogP contribution is -2.14. The average Bonchev–Trinajstić information content (AvgIpc) is 2.12. The topological polar surface area (TPSA) is 38.0 Å². The summed E-state index contributed by atoms with van der Waals surface area (Å²) in [6.07, 6.45) is 1.77. The molecule has 0 radical (unpaired) electrons. The van der Waals surface area contributed by atoms with Gasteiger partial charge in [0, 0.05) is 12.1 Å². The van der Waals surface area contributed by atoms with Crippen LogP contribution in [-0.4, -0.2) is 6.54 Å². The highest BCUT2D eigenvalue weighted by Gasteiger charge is 2.14. The van der Waals surface area contributed by atoms with Crippen LogP contribution < -0.4 is 11.1 Å². The zero-order chi connectivity index (χ0) is 8.55. The summed E-state index contributed by atoms with van der Waals surface area (Å²) in [5.74, 6) is -0.147. The number of nitrogens with one attached hydrogen (secondary N) is 1. The molecule has 2 nitrogen and oxygen atoms in total. The second-order valence-corrected chi connectivity index (χ2v) is 3.02. The van der Waals surface area contributed by atoms with Gasteiger partial charge in [-0.3, -0.25) is 0 Å². The molecular formula is C9H11FN2. The summed E-state index contributed by atoms with van der Waals surface area (Å²) in [7, 11) is 0. The van der Waals surface area contributed by atoms with Crippen LogP contribution in [0.3, 0.4) is 0 Å². The Morgan fingerprint density at radius 2 is 2.25 bits per heavy atom. The number of rotatable bonds is 0. The third-order valence-electron chi connectivity index (χ3n) is 2.19. The van der Waals surface area contributed by atoms with Gasteiger partial charge in [-0.1, -0.05) is 0 Å². The standard InChI is InChI=1S/C9H11FN2/c10-7-3-4-8(11)9-6(7)2-1-5-12-9/h3-4,12H,1-2,5,11H2. The summed E-state index contributed by atoms with van der Waals surface area (Å²) in [4.78, 5) is 0. The van der Waals surface area contributed by atoms with Crippen LogP contribution in [0.2, 0.25) is 0 Å². The minimum absolute atomic E-state index is 0.147. The molecule has 0 bridgehead atoms. The Kier molecular flexibility index (Phi) is 1.64. The maximum Gasteiger partial charge on any atom is 0.128 e. The highest BCUT2D eigenvalue weighted by molar-refractivity contribution is 5.71. The molecule has 1 aromatic carbocycles. The highest BCUT2D eigenvalue weighted by atomic mass is 19.1. The van der Waals surface area contributed by atoms with E-state index in [4.69, 9.17) is 5.73 Å². The Balaban J connectivity index is 2.57. The number of benzene rings is 1. The number of nitrogens with two attached hydrogens (primary N) is 1. The summed E-state index contributed by atoms with van der Waals surface area (Å²) in [5, 5.41) is 3.11. The first-order chi connectivity index (χ1) is 5.79. The summed E-state index contributed by atoms with van der Waals surface area (Å²) in [6.45, 7) is 0.890. The first-order valence-corrected chi connectivity index (χ1v) is 4.10. The summed E-state index contributed by atoms with van der Waals surface area (Å²) in [5.41, 5.74) is 7.86. The van der Waals surface area contributed by atoms with Crippen LogP contribution in [0.1, 0.15) is 12.0 Å². The molecule has 0 spiro atoms. The number of nitrogen functional groups attached to an aromatic ring is 1. The van der Waals surface area contributed by atoms with Crippen LogP contribution in [-0.2, 0) is 6.42 Å². The molecule has 0 aromatic heterocycles. The Morgan fingerprint density at radius 1 is 1.42 bits per heavy atom. The van der Waals surface area contributed by atoms with E-state index in [-0.39, 0.29) is 5.82 Å². The summed E-state index contributed by atoms with van der Waals surface area (Å²) in [6, 6.07) is 3.04. The van der Waals surface area contributed by atoms with Crippen molar-refractivity contribution in [3.05, 3.63) is 23.5 Å². The van der Waals surface area contributed by atoms with Gasteiger partial charge in [-0.25, -0.2) is 4.39 Å². The second kappa shape index (κ2) is 2.66. The molecule has 1 heterocycles. The van der Waals surface area contributed by atoms with Crippen LogP contribution in [0.4, 0.5) is 15.8 Å². The van der Waals surface area contributed by atoms with Crippen molar-refractivity contribution in [3.63, 3.8) is 0 Å². The quantitative estimate of drug-likeness (QED) is 0.576. The van der Waals surface area contributed by atoms with E-state index >= 15 is 0 Å². The smallest absolute Gasteiger partial charge is 0.128 e. The summed E-state index contributed by atoms with van der Waals surface area (Å²) >= 11 is 0. The van der Waals surface area contributed by atoms with E-state index < -0.39 is 0 Å². The predicted molar refractivity (Wildman–Crippen MR) is 47.6 cm³/mol. The molecule has 0 fully saturated rings. The molecule has 1 aliphatic rings. The van der Waals surface area contributed by atoms with Gasteiger partial charge in [0.2, 0.25) is 0 Å². The number of fused-ring (bicyclic) bond motifs is 1. The van der Waals surface area contributed by atoms with E-state index in [9.17, 15) is 4.39 Å². The van der Waals surface area contributed by atoms with Gasteiger partial charge in [-0.05, 0) is 25.0 Å². The van der Waals surface area contributed by atoms with Crippen LogP contribution in [0, 0.1) is 5.82 Å². The maximum atomic E-state index is 13.2. The van der Waals surface area contributed by atoms with Crippen molar-refractivity contribution in [2.75, 3.05) is 17.6 Å². The third kappa shape index (κ3) is 1.02. The first-order valence-electron chi connectivity index (χ1n) is 4.10. The van der Waals surface area contributed by atoms with Crippen molar-refractivity contribution in [2.45, 2.75) is 12.8 Å². The average molecular weight is 166 g/mol. The molecule has 3 N–H and O–H groups in total. The van der Waals surface area contributed by atoms with Gasteiger partial charge in [0.15, 0.2) is 0 Å². The van der Waals surface area contributed by atoms with E-state index in [0.717, 1.165) is 30.6 Å². The van der Waals surface area contributed by atoms with Crippen molar-refractivity contribution >= 4 is 11.4 Å². The molecule has 0 amide bonds. The zero-order valence-electron chi connectivity index (χ0n) is 6.73. The molecule has 1 aromatic rings. The molecule has 12 heavy (non-hydrogen) atoms. The molecule has 1 aliphatic heterocycles. The van der Waals surface area contributed by atoms with E-state index in [0.29, 0.717) is 5.69 Å². The number of anilines is 2. The minimum Gasteiger partial charge on any atom is -0.397 e. The van der Waals surface area contributed by atoms with Crippen molar-refractivity contribution in [1.29, 1.82) is 0 Å². The normalized spacial score (nSPS) is 15.1. The van der Waals surface area contributed by atoms with Gasteiger partial charge in [-0.15, -0.1) is 0 Å². The number of halogens is 1. The van der Waals surface area contributed by atoms with Crippen LogP contribution in [0.15, 0.2) is 12.1 Å². The SMILES string of the molecule is Nc1ccc(F)c2c1NCCC2.